The quantitative estimate of drug-likeness (QED) is 0.532. The molecule has 0 amide bonds. The predicted molar refractivity (Wildman–Crippen MR) is 103 cm³/mol. The molecule has 0 radical (unpaired) electrons. The maximum atomic E-state index is 12.8. The largest absolute Gasteiger partial charge is 0.462 e. The number of esters is 1. The van der Waals surface area contributed by atoms with Gasteiger partial charge in [-0.1, -0.05) is 42.3 Å². The zero-order chi connectivity index (χ0) is 25.4. The number of rotatable bonds is 7. The fourth-order valence-corrected chi connectivity index (χ4v) is 3.44. The predicted octanol–water partition coefficient (Wildman–Crippen LogP) is 2.18. The number of ether oxygens (including phenoxy) is 2. The average Bonchev–Trinajstić information content (AvgIpc) is 3.07. The summed E-state index contributed by atoms with van der Waals surface area (Å²) in [5.41, 5.74) is 5.63. The zero-order valence-electron chi connectivity index (χ0n) is 20.1. The summed E-state index contributed by atoms with van der Waals surface area (Å²) in [5, 5.41) is 0. The smallest absolute Gasteiger partial charge is 0.338 e. The van der Waals surface area contributed by atoms with Crippen LogP contribution in [0.3, 0.4) is 0 Å². The van der Waals surface area contributed by atoms with Crippen LogP contribution in [0.15, 0.2) is 66.1 Å². The molecule has 0 saturated heterocycles. The van der Waals surface area contributed by atoms with Gasteiger partial charge in [0.1, 0.15) is 5.75 Å². The molecule has 0 fully saturated rings. The number of hydrogen-bond acceptors (Lipinski definition) is 8. The van der Waals surface area contributed by atoms with E-state index in [-0.39, 0.29) is 17.7 Å². The van der Waals surface area contributed by atoms with Crippen molar-refractivity contribution in [3.05, 3.63) is 82.8 Å². The van der Waals surface area contributed by atoms with Crippen molar-refractivity contribution >= 4 is 21.9 Å². The van der Waals surface area contributed by atoms with Gasteiger partial charge < -0.3 is 19.4 Å². The third-order valence-corrected chi connectivity index (χ3v) is 4.80. The maximum Gasteiger partial charge on any atom is 0.338 e. The van der Waals surface area contributed by atoms with Crippen molar-refractivity contribution in [1.29, 1.82) is 0 Å². The Morgan fingerprint density at radius 2 is 1.86 bits per heavy atom. The second-order valence-electron chi connectivity index (χ2n) is 5.79. The molecule has 2 aromatic carbocycles. The van der Waals surface area contributed by atoms with Gasteiger partial charge in [0.25, 0.3) is 0 Å². The average molecular weight is 422 g/mol. The standard InChI is InChI=1S/C20H19NO7S/c1-2-26-20(23)15-10-8-14(9-11-15)17-16(22)18(19(21)27-17)28-29(24,25)12-13-6-4-3-5-7-13/h3-11,17H,2,12,21H2,1H3/i3D,4D,5D,6D,7D. The lowest BCUT2D eigenvalue weighted by atomic mass is 10.0. The lowest BCUT2D eigenvalue weighted by Gasteiger charge is -2.10. The number of carbonyl (C=O) groups is 2. The van der Waals surface area contributed by atoms with Gasteiger partial charge in [-0.05, 0) is 24.6 Å². The first-order valence-corrected chi connectivity index (χ1v) is 9.91. The highest BCUT2D eigenvalue weighted by molar-refractivity contribution is 7.86. The van der Waals surface area contributed by atoms with Crippen molar-refractivity contribution in [3.63, 3.8) is 0 Å². The van der Waals surface area contributed by atoms with Crippen molar-refractivity contribution < 1.29 is 38.5 Å². The molecule has 1 aliphatic rings. The number of carbonyl (C=O) groups excluding carboxylic acids is 2. The zero-order valence-corrected chi connectivity index (χ0v) is 16.0. The van der Waals surface area contributed by atoms with Crippen LogP contribution in [-0.4, -0.2) is 26.8 Å². The summed E-state index contributed by atoms with van der Waals surface area (Å²) >= 11 is 0. The Morgan fingerprint density at radius 1 is 1.21 bits per heavy atom. The van der Waals surface area contributed by atoms with E-state index < -0.39 is 81.1 Å². The topological polar surface area (TPSA) is 122 Å². The highest BCUT2D eigenvalue weighted by Gasteiger charge is 2.39. The Morgan fingerprint density at radius 3 is 2.48 bits per heavy atom. The van der Waals surface area contributed by atoms with Crippen molar-refractivity contribution in [1.82, 2.24) is 0 Å². The molecule has 1 heterocycles. The summed E-state index contributed by atoms with van der Waals surface area (Å²) in [6, 6.07) is 2.08. The Kier molecular flexibility index (Phi) is 4.22. The number of hydrogen-bond donors (Lipinski definition) is 1. The van der Waals surface area contributed by atoms with Gasteiger partial charge in [0.15, 0.2) is 6.10 Å². The van der Waals surface area contributed by atoms with Crippen LogP contribution in [0.4, 0.5) is 0 Å². The molecule has 152 valence electrons. The summed E-state index contributed by atoms with van der Waals surface area (Å²) in [7, 11) is -4.67. The molecule has 3 rings (SSSR count). The number of nitrogens with two attached hydrogens (primary N) is 1. The molecule has 2 N–H and O–H groups in total. The van der Waals surface area contributed by atoms with Gasteiger partial charge in [-0.2, -0.15) is 8.42 Å². The van der Waals surface area contributed by atoms with E-state index in [9.17, 15) is 18.0 Å². The molecule has 0 bridgehead atoms. The number of benzene rings is 2. The van der Waals surface area contributed by atoms with Crippen molar-refractivity contribution in [2.24, 2.45) is 5.73 Å². The molecule has 29 heavy (non-hydrogen) atoms. The van der Waals surface area contributed by atoms with E-state index in [1.54, 1.807) is 6.92 Å². The van der Waals surface area contributed by atoms with Gasteiger partial charge >= 0.3 is 16.1 Å². The van der Waals surface area contributed by atoms with Gasteiger partial charge in [0.2, 0.25) is 17.4 Å². The second-order valence-corrected chi connectivity index (χ2v) is 7.36. The molecule has 0 aromatic heterocycles. The van der Waals surface area contributed by atoms with Crippen LogP contribution in [0.5, 0.6) is 0 Å². The molecule has 9 heteroatoms. The molecule has 1 unspecified atom stereocenters. The second kappa shape index (κ2) is 8.36. The molecule has 1 atom stereocenters. The molecule has 0 aliphatic carbocycles. The first-order valence-electron chi connectivity index (χ1n) is 10.8. The van der Waals surface area contributed by atoms with E-state index in [4.69, 9.17) is 26.2 Å². The minimum Gasteiger partial charge on any atom is -0.462 e. The third-order valence-electron chi connectivity index (χ3n) is 3.74. The van der Waals surface area contributed by atoms with Gasteiger partial charge in [-0.25, -0.2) is 4.79 Å². The summed E-state index contributed by atoms with van der Waals surface area (Å²) < 4.78 is 78.7. The van der Waals surface area contributed by atoms with E-state index >= 15 is 0 Å². The first-order chi connectivity index (χ1) is 15.9. The van der Waals surface area contributed by atoms with Gasteiger partial charge in [-0.15, -0.1) is 0 Å². The Bertz CT molecular complexity index is 1280. The van der Waals surface area contributed by atoms with Gasteiger partial charge in [-0.3, -0.25) is 4.79 Å². The monoisotopic (exact) mass is 422 g/mol. The fraction of sp³-hybridized carbons (Fsp3) is 0.200. The summed E-state index contributed by atoms with van der Waals surface area (Å²) in [5.74, 6) is -3.98. The fourth-order valence-electron chi connectivity index (χ4n) is 2.47. The van der Waals surface area contributed by atoms with E-state index in [0.717, 1.165) is 0 Å². The van der Waals surface area contributed by atoms with Gasteiger partial charge in [0, 0.05) is 5.56 Å². The van der Waals surface area contributed by atoms with Gasteiger partial charge in [0.05, 0.1) is 19.0 Å². The normalized spacial score (nSPS) is 18.9. The Hall–Kier alpha value is -3.33. The molecule has 8 nitrogen and oxygen atoms in total. The third kappa shape index (κ3) is 4.75. The number of Topliss-reactive ketones (excluding diaryl/α,β-unsaturated/α-hetero) is 1. The van der Waals surface area contributed by atoms with Crippen LogP contribution >= 0.6 is 0 Å². The Labute approximate surface area is 175 Å². The lowest BCUT2D eigenvalue weighted by molar-refractivity contribution is -0.123. The molecular formula is C20H19NO7S. The highest BCUT2D eigenvalue weighted by atomic mass is 32.2. The van der Waals surface area contributed by atoms with E-state index in [1.165, 1.54) is 24.3 Å². The maximum absolute atomic E-state index is 12.8. The SMILES string of the molecule is [2H]c1c([2H])c([2H])c(CS(=O)(=O)OC2=C(N)OC(c3ccc(C(=O)OCC)cc3)C2=O)c([2H])c1[2H]. The molecule has 0 spiro atoms. The minimum atomic E-state index is -4.67. The van der Waals surface area contributed by atoms with Crippen LogP contribution in [0.2, 0.25) is 0 Å². The number of ketones is 1. The summed E-state index contributed by atoms with van der Waals surface area (Å²) in [6.45, 7) is 1.84. The first kappa shape index (κ1) is 14.6. The van der Waals surface area contributed by atoms with E-state index in [0.29, 0.717) is 0 Å². The minimum absolute atomic E-state index is 0.184. The molecule has 2 aromatic rings. The summed E-state index contributed by atoms with van der Waals surface area (Å²) in [6.07, 6.45) is -1.33. The highest BCUT2D eigenvalue weighted by Crippen LogP contribution is 2.32. The van der Waals surface area contributed by atoms with Crippen LogP contribution < -0.4 is 5.73 Å². The van der Waals surface area contributed by atoms with Crippen LogP contribution in [-0.2, 0) is 34.3 Å². The van der Waals surface area contributed by atoms with Crippen molar-refractivity contribution in [2.45, 2.75) is 18.8 Å². The Balaban J connectivity index is 1.81. The van der Waals surface area contributed by atoms with E-state index in [1.807, 2.05) is 0 Å². The lowest BCUT2D eigenvalue weighted by Crippen LogP contribution is -2.16. The van der Waals surface area contributed by atoms with Crippen LogP contribution in [0.25, 0.3) is 0 Å². The van der Waals surface area contributed by atoms with Crippen LogP contribution in [0.1, 0.15) is 41.4 Å². The van der Waals surface area contributed by atoms with E-state index in [2.05, 4.69) is 0 Å². The molecule has 0 saturated carbocycles. The summed E-state index contributed by atoms with van der Waals surface area (Å²) in [4.78, 5) is 24.5. The van der Waals surface area contributed by atoms with Crippen LogP contribution in [0, 0.1) is 0 Å². The van der Waals surface area contributed by atoms with Crippen molar-refractivity contribution in [3.8, 4) is 0 Å². The molecule has 1 aliphatic heterocycles. The van der Waals surface area contributed by atoms with Crippen molar-refractivity contribution in [2.75, 3.05) is 6.61 Å². The molecular weight excluding hydrogens is 398 g/mol.